The summed E-state index contributed by atoms with van der Waals surface area (Å²) < 4.78 is 0. The highest BCUT2D eigenvalue weighted by Crippen LogP contribution is 2.23. The van der Waals surface area contributed by atoms with Crippen LogP contribution in [0.2, 0.25) is 0 Å². The molecule has 1 amide bonds. The lowest BCUT2D eigenvalue weighted by molar-refractivity contribution is -0.132. The standard InChI is InChI=1S/C15H19NO3/c1-10(2)8-14(17)16-7-6-12-11(9-16)4-3-5-13(12)15(18)19/h3-5,10H,6-9H2,1-2H3,(H,18,19). The topological polar surface area (TPSA) is 57.6 Å². The second-order valence-electron chi connectivity index (χ2n) is 5.41. The molecule has 2 rings (SSSR count). The van der Waals surface area contributed by atoms with Gasteiger partial charge in [0, 0.05) is 19.5 Å². The van der Waals surface area contributed by atoms with Gasteiger partial charge in [-0.1, -0.05) is 26.0 Å². The van der Waals surface area contributed by atoms with Crippen molar-refractivity contribution in [2.45, 2.75) is 33.2 Å². The molecule has 0 radical (unpaired) electrons. The lowest BCUT2D eigenvalue weighted by atomic mass is 9.94. The summed E-state index contributed by atoms with van der Waals surface area (Å²) in [5.41, 5.74) is 2.21. The SMILES string of the molecule is CC(C)CC(=O)N1CCc2c(cccc2C(=O)O)C1. The summed E-state index contributed by atoms with van der Waals surface area (Å²) in [5.74, 6) is -0.389. The summed E-state index contributed by atoms with van der Waals surface area (Å²) in [5, 5.41) is 9.15. The van der Waals surface area contributed by atoms with E-state index in [1.165, 1.54) is 0 Å². The van der Waals surface area contributed by atoms with Gasteiger partial charge in [0.05, 0.1) is 5.56 Å². The quantitative estimate of drug-likeness (QED) is 0.908. The average molecular weight is 261 g/mol. The highest BCUT2D eigenvalue weighted by atomic mass is 16.4. The van der Waals surface area contributed by atoms with Gasteiger partial charge in [-0.25, -0.2) is 4.79 Å². The summed E-state index contributed by atoms with van der Waals surface area (Å²) in [6.45, 7) is 5.20. The third-order valence-electron chi connectivity index (χ3n) is 3.43. The number of benzene rings is 1. The van der Waals surface area contributed by atoms with Crippen LogP contribution in [0.15, 0.2) is 18.2 Å². The third-order valence-corrected chi connectivity index (χ3v) is 3.43. The molecule has 0 unspecified atom stereocenters. The molecule has 1 N–H and O–H groups in total. The highest BCUT2D eigenvalue weighted by molar-refractivity contribution is 5.90. The number of carboxylic acids is 1. The van der Waals surface area contributed by atoms with E-state index in [2.05, 4.69) is 0 Å². The molecule has 0 aliphatic carbocycles. The van der Waals surface area contributed by atoms with Crippen LogP contribution in [0.1, 0.15) is 41.8 Å². The fourth-order valence-electron chi connectivity index (χ4n) is 2.50. The maximum absolute atomic E-state index is 12.0. The monoisotopic (exact) mass is 261 g/mol. The molecule has 19 heavy (non-hydrogen) atoms. The summed E-state index contributed by atoms with van der Waals surface area (Å²) in [6, 6.07) is 5.29. The first-order valence-corrected chi connectivity index (χ1v) is 6.61. The Labute approximate surface area is 113 Å². The number of amides is 1. The number of carboxylic acid groups (broad SMARTS) is 1. The van der Waals surface area contributed by atoms with Crippen LogP contribution in [-0.2, 0) is 17.8 Å². The molecule has 1 aromatic carbocycles. The minimum atomic E-state index is -0.890. The van der Waals surface area contributed by atoms with Crippen LogP contribution in [0.25, 0.3) is 0 Å². The Balaban J connectivity index is 2.19. The van der Waals surface area contributed by atoms with E-state index in [4.69, 9.17) is 5.11 Å². The number of carbonyl (C=O) groups excluding carboxylic acids is 1. The molecular weight excluding hydrogens is 242 g/mol. The van der Waals surface area contributed by atoms with Crippen molar-refractivity contribution >= 4 is 11.9 Å². The zero-order valence-electron chi connectivity index (χ0n) is 11.3. The Hall–Kier alpha value is -1.84. The summed E-state index contributed by atoms with van der Waals surface area (Å²) >= 11 is 0. The molecule has 102 valence electrons. The van der Waals surface area contributed by atoms with Gasteiger partial charge in [0.15, 0.2) is 0 Å². The van der Waals surface area contributed by atoms with E-state index in [1.54, 1.807) is 12.1 Å². The molecule has 1 aromatic rings. The second kappa shape index (κ2) is 5.43. The number of aromatic carboxylic acids is 1. The predicted molar refractivity (Wildman–Crippen MR) is 72.0 cm³/mol. The van der Waals surface area contributed by atoms with Crippen molar-refractivity contribution in [2.24, 2.45) is 5.92 Å². The van der Waals surface area contributed by atoms with Crippen molar-refractivity contribution in [3.8, 4) is 0 Å². The Morgan fingerprint density at radius 2 is 2.11 bits per heavy atom. The number of hydrogen-bond donors (Lipinski definition) is 1. The van der Waals surface area contributed by atoms with E-state index in [-0.39, 0.29) is 5.91 Å². The largest absolute Gasteiger partial charge is 0.478 e. The van der Waals surface area contributed by atoms with E-state index in [9.17, 15) is 9.59 Å². The Morgan fingerprint density at radius 1 is 1.37 bits per heavy atom. The highest BCUT2D eigenvalue weighted by Gasteiger charge is 2.24. The first-order valence-electron chi connectivity index (χ1n) is 6.61. The van der Waals surface area contributed by atoms with Gasteiger partial charge in [0.1, 0.15) is 0 Å². The van der Waals surface area contributed by atoms with Gasteiger partial charge < -0.3 is 10.0 Å². The van der Waals surface area contributed by atoms with Crippen LogP contribution < -0.4 is 0 Å². The van der Waals surface area contributed by atoms with Gasteiger partial charge in [-0.15, -0.1) is 0 Å². The zero-order chi connectivity index (χ0) is 14.0. The molecule has 1 aliphatic heterocycles. The van der Waals surface area contributed by atoms with E-state index in [0.29, 0.717) is 37.4 Å². The molecule has 1 aliphatic rings. The molecule has 4 nitrogen and oxygen atoms in total. The summed E-state index contributed by atoms with van der Waals surface area (Å²) in [7, 11) is 0. The number of fused-ring (bicyclic) bond motifs is 1. The van der Waals surface area contributed by atoms with Crippen molar-refractivity contribution in [3.63, 3.8) is 0 Å². The van der Waals surface area contributed by atoms with Crippen LogP contribution >= 0.6 is 0 Å². The molecule has 0 saturated carbocycles. The number of nitrogens with zero attached hydrogens (tertiary/aromatic N) is 1. The van der Waals surface area contributed by atoms with Crippen molar-refractivity contribution in [1.29, 1.82) is 0 Å². The van der Waals surface area contributed by atoms with E-state index in [1.807, 2.05) is 24.8 Å². The molecule has 0 spiro atoms. The van der Waals surface area contributed by atoms with Gasteiger partial charge in [0.25, 0.3) is 0 Å². The fraction of sp³-hybridized carbons (Fsp3) is 0.467. The Morgan fingerprint density at radius 3 is 2.74 bits per heavy atom. The lowest BCUT2D eigenvalue weighted by Crippen LogP contribution is -2.37. The maximum atomic E-state index is 12.0. The van der Waals surface area contributed by atoms with Gasteiger partial charge in [-0.2, -0.15) is 0 Å². The predicted octanol–water partition coefficient (Wildman–Crippen LogP) is 2.32. The van der Waals surface area contributed by atoms with Crippen LogP contribution in [0.4, 0.5) is 0 Å². The van der Waals surface area contributed by atoms with E-state index >= 15 is 0 Å². The Kier molecular flexibility index (Phi) is 3.88. The molecule has 0 atom stereocenters. The molecular formula is C15H19NO3. The summed E-state index contributed by atoms with van der Waals surface area (Å²) in [6.07, 6.45) is 1.18. The van der Waals surface area contributed by atoms with Crippen molar-refractivity contribution in [3.05, 3.63) is 34.9 Å². The van der Waals surface area contributed by atoms with Crippen LogP contribution in [0, 0.1) is 5.92 Å². The van der Waals surface area contributed by atoms with Crippen LogP contribution in [-0.4, -0.2) is 28.4 Å². The van der Waals surface area contributed by atoms with Gasteiger partial charge >= 0.3 is 5.97 Å². The first-order chi connectivity index (χ1) is 8.99. The summed E-state index contributed by atoms with van der Waals surface area (Å²) in [4.78, 5) is 25.0. The van der Waals surface area contributed by atoms with Crippen LogP contribution in [0.5, 0.6) is 0 Å². The number of carbonyl (C=O) groups is 2. The van der Waals surface area contributed by atoms with Gasteiger partial charge in [-0.3, -0.25) is 4.79 Å². The van der Waals surface area contributed by atoms with Crippen molar-refractivity contribution in [2.75, 3.05) is 6.54 Å². The van der Waals surface area contributed by atoms with Crippen molar-refractivity contribution < 1.29 is 14.7 Å². The molecule has 0 bridgehead atoms. The third kappa shape index (κ3) is 2.95. The van der Waals surface area contributed by atoms with Gasteiger partial charge in [0.2, 0.25) is 5.91 Å². The molecule has 1 heterocycles. The maximum Gasteiger partial charge on any atom is 0.335 e. The van der Waals surface area contributed by atoms with Crippen molar-refractivity contribution in [1.82, 2.24) is 4.90 Å². The van der Waals surface area contributed by atoms with Gasteiger partial charge in [-0.05, 0) is 29.5 Å². The van der Waals surface area contributed by atoms with Crippen LogP contribution in [0.3, 0.4) is 0 Å². The number of rotatable bonds is 3. The minimum Gasteiger partial charge on any atom is -0.478 e. The van der Waals surface area contributed by atoms with E-state index in [0.717, 1.165) is 11.1 Å². The second-order valence-corrected chi connectivity index (χ2v) is 5.41. The van der Waals surface area contributed by atoms with E-state index < -0.39 is 5.97 Å². The first kappa shape index (κ1) is 13.6. The minimum absolute atomic E-state index is 0.154. The normalized spacial score (nSPS) is 14.4. The molecule has 0 aromatic heterocycles. The lowest BCUT2D eigenvalue weighted by Gasteiger charge is -2.30. The number of hydrogen-bond acceptors (Lipinski definition) is 2. The molecule has 0 fully saturated rings. The molecule has 0 saturated heterocycles. The smallest absolute Gasteiger partial charge is 0.335 e. The molecule has 4 heteroatoms. The zero-order valence-corrected chi connectivity index (χ0v) is 11.3. The fourth-order valence-corrected chi connectivity index (χ4v) is 2.50. The average Bonchev–Trinajstić information content (AvgIpc) is 2.36. The Bertz CT molecular complexity index is 508.